The summed E-state index contributed by atoms with van der Waals surface area (Å²) in [6.45, 7) is 0.0574. The highest BCUT2D eigenvalue weighted by atomic mass is 19.4. The van der Waals surface area contributed by atoms with Crippen molar-refractivity contribution in [1.82, 2.24) is 5.32 Å². The maximum atomic E-state index is 13.1. The molecule has 29 heavy (non-hydrogen) atoms. The van der Waals surface area contributed by atoms with Gasteiger partial charge >= 0.3 is 18.3 Å². The topological polar surface area (TPSA) is 32.6 Å². The minimum Gasteiger partial charge on any atom is -0.319 e. The molecule has 0 aliphatic carbocycles. The molecule has 1 atom stereocenters. The molecule has 10 heteroatoms. The Morgan fingerprint density at radius 1 is 0.931 bits per heavy atom. The van der Waals surface area contributed by atoms with Crippen molar-refractivity contribution in [3.8, 4) is 0 Å². The molecule has 3 rings (SSSR count). The van der Waals surface area contributed by atoms with Crippen molar-refractivity contribution in [1.29, 1.82) is 0 Å². The molecular weight excluding hydrogens is 407 g/mol. The highest BCUT2D eigenvalue weighted by Gasteiger charge is 2.38. The third-order valence-corrected chi connectivity index (χ3v) is 4.16. The number of nitrogens with one attached hydrogen (secondary N) is 1. The zero-order chi connectivity index (χ0) is 21.2. The van der Waals surface area contributed by atoms with Gasteiger partial charge in [0.2, 0.25) is 6.61 Å². The van der Waals surface area contributed by atoms with Crippen molar-refractivity contribution in [2.24, 2.45) is 0 Å². The lowest BCUT2D eigenvalue weighted by Gasteiger charge is -2.17. The number of halogens is 7. The SMILES string of the molecule is Fc1ccc([C@@H]2NCC[O+]=C2OCc2cc(C(F)(F)F)cc(C(F)(F)F)c2)cc1. The summed E-state index contributed by atoms with van der Waals surface area (Å²) in [5, 5.41) is 3.04. The van der Waals surface area contributed by atoms with E-state index in [-0.39, 0.29) is 24.2 Å². The number of esters is 1. The Morgan fingerprint density at radius 2 is 1.52 bits per heavy atom. The highest BCUT2D eigenvalue weighted by Crippen LogP contribution is 2.36. The molecule has 0 bridgehead atoms. The number of carbonyl (C=O) groups excluding carboxylic acids is 1. The largest absolute Gasteiger partial charge is 0.507 e. The first-order valence-electron chi connectivity index (χ1n) is 8.44. The summed E-state index contributed by atoms with van der Waals surface area (Å²) in [6.07, 6.45) is -9.88. The number of rotatable bonds is 3. The van der Waals surface area contributed by atoms with Crippen LogP contribution in [0.25, 0.3) is 0 Å². The van der Waals surface area contributed by atoms with E-state index >= 15 is 0 Å². The molecule has 1 heterocycles. The number of benzene rings is 2. The summed E-state index contributed by atoms with van der Waals surface area (Å²) in [4.78, 5) is 0. The van der Waals surface area contributed by atoms with E-state index in [1.807, 2.05) is 0 Å². The zero-order valence-corrected chi connectivity index (χ0v) is 14.7. The van der Waals surface area contributed by atoms with E-state index in [0.29, 0.717) is 24.2 Å². The molecule has 2 aromatic rings. The highest BCUT2D eigenvalue weighted by molar-refractivity contribution is 5.78. The van der Waals surface area contributed by atoms with Crippen molar-refractivity contribution in [3.63, 3.8) is 0 Å². The molecule has 0 unspecified atom stereocenters. The summed E-state index contributed by atoms with van der Waals surface area (Å²) in [5.41, 5.74) is -2.59. The molecule has 0 spiro atoms. The van der Waals surface area contributed by atoms with E-state index in [4.69, 9.17) is 9.16 Å². The fourth-order valence-corrected chi connectivity index (χ4v) is 2.81. The smallest absolute Gasteiger partial charge is 0.319 e. The van der Waals surface area contributed by atoms with E-state index < -0.39 is 41.9 Å². The summed E-state index contributed by atoms with van der Waals surface area (Å²) < 4.78 is 102. The minimum atomic E-state index is -4.94. The van der Waals surface area contributed by atoms with Crippen LogP contribution in [0.1, 0.15) is 28.3 Å². The second-order valence-electron chi connectivity index (χ2n) is 6.31. The first kappa shape index (κ1) is 21.1. The zero-order valence-electron chi connectivity index (χ0n) is 14.7. The number of hydrogen-bond acceptors (Lipinski definition) is 2. The van der Waals surface area contributed by atoms with Crippen molar-refractivity contribution in [2.75, 3.05) is 13.2 Å². The molecule has 0 aromatic heterocycles. The van der Waals surface area contributed by atoms with Gasteiger partial charge < -0.3 is 9.16 Å². The average Bonchev–Trinajstić information content (AvgIpc) is 2.66. The lowest BCUT2D eigenvalue weighted by atomic mass is 10.0. The molecule has 1 N–H and O–H groups in total. The molecule has 3 nitrogen and oxygen atoms in total. The fraction of sp³-hybridized carbons (Fsp3) is 0.316. The van der Waals surface area contributed by atoms with Crippen LogP contribution in [0.2, 0.25) is 0 Å². The van der Waals surface area contributed by atoms with Gasteiger partial charge in [0.15, 0.2) is 12.6 Å². The van der Waals surface area contributed by atoms with Gasteiger partial charge in [-0.15, -0.1) is 0 Å². The average molecular weight is 422 g/mol. The molecule has 0 saturated heterocycles. The van der Waals surface area contributed by atoms with Gasteiger partial charge in [0.1, 0.15) is 5.82 Å². The van der Waals surface area contributed by atoms with Crippen LogP contribution in [-0.2, 0) is 28.1 Å². The second kappa shape index (κ2) is 8.02. The summed E-state index contributed by atoms with van der Waals surface area (Å²) in [5.74, 6) is -0.481. The number of alkyl halides is 6. The van der Waals surface area contributed by atoms with Gasteiger partial charge in [-0.25, -0.2) is 4.39 Å². The lowest BCUT2D eigenvalue weighted by molar-refractivity contribution is -0.474. The summed E-state index contributed by atoms with van der Waals surface area (Å²) >= 11 is 0. The van der Waals surface area contributed by atoms with Gasteiger partial charge in [-0.3, -0.25) is 5.32 Å². The summed E-state index contributed by atoms with van der Waals surface area (Å²) in [6, 6.07) is 5.97. The Balaban J connectivity index is 1.84. The van der Waals surface area contributed by atoms with Crippen LogP contribution in [0, 0.1) is 5.82 Å². The van der Waals surface area contributed by atoms with E-state index in [1.165, 1.54) is 24.3 Å². The van der Waals surface area contributed by atoms with Crippen LogP contribution in [0.3, 0.4) is 0 Å². The number of ether oxygens (including phenoxy) is 1. The van der Waals surface area contributed by atoms with Crippen LogP contribution in [0.5, 0.6) is 0 Å². The minimum absolute atomic E-state index is 0.0196. The van der Waals surface area contributed by atoms with E-state index in [1.54, 1.807) is 0 Å². The molecule has 0 fully saturated rings. The first-order valence-corrected chi connectivity index (χ1v) is 8.44. The Kier molecular flexibility index (Phi) is 5.83. The van der Waals surface area contributed by atoms with Gasteiger partial charge in [0, 0.05) is 5.56 Å². The van der Waals surface area contributed by atoms with E-state index in [0.717, 1.165) is 0 Å². The predicted octanol–water partition coefficient (Wildman–Crippen LogP) is 4.79. The van der Waals surface area contributed by atoms with Crippen LogP contribution in [-0.4, -0.2) is 19.1 Å². The fourth-order valence-electron chi connectivity index (χ4n) is 2.81. The standard InChI is InChI=1S/C19H15F7NO2/c20-15-3-1-12(2-4-15)16-17(28-6-5-27-16)29-10-11-7-13(18(21,22)23)9-14(8-11)19(24,25)26/h1-4,7-9,16,27H,5-6,10H2/q+1/t16-/m0/s1. The molecule has 0 radical (unpaired) electrons. The maximum absolute atomic E-state index is 13.1. The maximum Gasteiger partial charge on any atom is 0.507 e. The monoisotopic (exact) mass is 422 g/mol. The summed E-state index contributed by atoms with van der Waals surface area (Å²) in [7, 11) is 0. The normalized spacial score (nSPS) is 17.8. The van der Waals surface area contributed by atoms with Crippen LogP contribution < -0.4 is 5.32 Å². The van der Waals surface area contributed by atoms with Crippen molar-refractivity contribution >= 4 is 5.97 Å². The van der Waals surface area contributed by atoms with Gasteiger partial charge in [0.25, 0.3) is 0 Å². The molecule has 156 valence electrons. The molecule has 2 aromatic carbocycles. The molecule has 1 aliphatic heterocycles. The van der Waals surface area contributed by atoms with Gasteiger partial charge in [-0.05, 0) is 35.9 Å². The predicted molar refractivity (Wildman–Crippen MR) is 88.3 cm³/mol. The van der Waals surface area contributed by atoms with Crippen LogP contribution in [0.15, 0.2) is 42.5 Å². The Morgan fingerprint density at radius 3 is 2.07 bits per heavy atom. The van der Waals surface area contributed by atoms with Crippen molar-refractivity contribution in [3.05, 3.63) is 70.5 Å². The Hall–Kier alpha value is -2.62. The lowest BCUT2D eigenvalue weighted by Crippen LogP contribution is -2.38. The van der Waals surface area contributed by atoms with Crippen LogP contribution in [0.4, 0.5) is 30.7 Å². The van der Waals surface area contributed by atoms with Crippen molar-refractivity contribution < 1.29 is 39.9 Å². The molecule has 0 amide bonds. The second-order valence-corrected chi connectivity index (χ2v) is 6.31. The van der Waals surface area contributed by atoms with Crippen molar-refractivity contribution in [2.45, 2.75) is 25.0 Å². The van der Waals surface area contributed by atoms with Gasteiger partial charge in [0.05, 0.1) is 17.7 Å². The first-order chi connectivity index (χ1) is 13.5. The third kappa shape index (κ3) is 5.26. The van der Waals surface area contributed by atoms with E-state index in [2.05, 4.69) is 5.32 Å². The Bertz CT molecular complexity index is 857. The molecule has 1 aliphatic rings. The quantitative estimate of drug-likeness (QED) is 0.439. The van der Waals surface area contributed by atoms with Gasteiger partial charge in [-0.2, -0.15) is 26.3 Å². The molecular formula is C19H15F7NO2+. The number of hydrogen-bond donors (Lipinski definition) is 1. The van der Waals surface area contributed by atoms with E-state index in [9.17, 15) is 30.7 Å². The Labute approximate surface area is 160 Å². The van der Waals surface area contributed by atoms with Crippen LogP contribution >= 0.6 is 0 Å². The molecule has 0 saturated carbocycles. The third-order valence-electron chi connectivity index (χ3n) is 4.16. The van der Waals surface area contributed by atoms with Gasteiger partial charge in [-0.1, -0.05) is 12.1 Å².